The molecule has 1 N–H and O–H groups in total. The van der Waals surface area contributed by atoms with Gasteiger partial charge in [0.2, 0.25) is 0 Å². The quantitative estimate of drug-likeness (QED) is 0.686. The Bertz CT molecular complexity index is 614. The number of aliphatic hydroxyl groups excluding tert-OH is 1. The van der Waals surface area contributed by atoms with Crippen LogP contribution in [0.3, 0.4) is 0 Å². The topological polar surface area (TPSA) is 94.1 Å². The normalized spacial score (nSPS) is 12.4. The van der Waals surface area contributed by atoms with Crippen LogP contribution in [0.4, 0.5) is 5.69 Å². The number of nitro benzene ring substituents is 1. The summed E-state index contributed by atoms with van der Waals surface area (Å²) in [6, 6.07) is 4.04. The Morgan fingerprint density at radius 1 is 1.58 bits per heavy atom. The van der Waals surface area contributed by atoms with Crippen LogP contribution in [0, 0.1) is 10.1 Å². The van der Waals surface area contributed by atoms with Crippen LogP contribution in [-0.2, 0) is 0 Å². The van der Waals surface area contributed by atoms with Crippen molar-refractivity contribution >= 4 is 17.3 Å². The number of benzene rings is 1. The van der Waals surface area contributed by atoms with Gasteiger partial charge in [-0.3, -0.25) is 10.1 Å². The van der Waals surface area contributed by atoms with Crippen LogP contribution in [0.2, 0.25) is 5.02 Å². The van der Waals surface area contributed by atoms with Gasteiger partial charge in [0.25, 0.3) is 5.69 Å². The molecule has 0 fully saturated rings. The summed E-state index contributed by atoms with van der Waals surface area (Å²) in [5, 5.41) is 28.3. The molecule has 1 unspecified atom stereocenters. The fraction of sp³-hybridized carbons (Fsp3) is 0.273. The predicted octanol–water partition coefficient (Wildman–Crippen LogP) is 2.27. The lowest BCUT2D eigenvalue weighted by atomic mass is 10.2. The summed E-state index contributed by atoms with van der Waals surface area (Å²) in [7, 11) is 0. The van der Waals surface area contributed by atoms with Crippen molar-refractivity contribution in [2.24, 2.45) is 0 Å². The molecule has 0 amide bonds. The fourth-order valence-corrected chi connectivity index (χ4v) is 1.75. The first-order valence-corrected chi connectivity index (χ1v) is 5.95. The van der Waals surface area contributed by atoms with Gasteiger partial charge in [0.05, 0.1) is 27.9 Å². The van der Waals surface area contributed by atoms with Gasteiger partial charge < -0.3 is 5.11 Å². The van der Waals surface area contributed by atoms with E-state index < -0.39 is 11.0 Å². The smallest absolute Gasteiger partial charge is 0.271 e. The molecule has 100 valence electrons. The first-order valence-electron chi connectivity index (χ1n) is 5.57. The zero-order valence-corrected chi connectivity index (χ0v) is 10.8. The Hall–Kier alpha value is -1.99. The molecular formula is C11H11ClN4O3. The summed E-state index contributed by atoms with van der Waals surface area (Å²) in [5.41, 5.74) is 0.649. The number of rotatable bonds is 4. The van der Waals surface area contributed by atoms with Crippen LogP contribution < -0.4 is 0 Å². The van der Waals surface area contributed by atoms with E-state index in [1.54, 1.807) is 0 Å². The Balaban J connectivity index is 2.43. The molecule has 8 heteroatoms. The molecule has 19 heavy (non-hydrogen) atoms. The molecule has 1 aromatic heterocycles. The molecule has 2 aromatic rings. The highest BCUT2D eigenvalue weighted by Gasteiger charge is 2.15. The zero-order chi connectivity index (χ0) is 14.0. The van der Waals surface area contributed by atoms with Gasteiger partial charge in [0.15, 0.2) is 0 Å². The van der Waals surface area contributed by atoms with Gasteiger partial charge in [-0.15, -0.1) is 5.10 Å². The molecule has 1 atom stereocenters. The minimum atomic E-state index is -0.716. The van der Waals surface area contributed by atoms with E-state index in [0.717, 1.165) is 0 Å². The molecule has 0 aliphatic heterocycles. The lowest BCUT2D eigenvalue weighted by Gasteiger charge is -2.03. The number of aliphatic hydroxyl groups is 1. The molecule has 0 spiro atoms. The van der Waals surface area contributed by atoms with Crippen molar-refractivity contribution in [3.05, 3.63) is 45.2 Å². The van der Waals surface area contributed by atoms with Crippen molar-refractivity contribution in [3.8, 4) is 5.69 Å². The van der Waals surface area contributed by atoms with Gasteiger partial charge >= 0.3 is 0 Å². The Kier molecular flexibility index (Phi) is 3.77. The van der Waals surface area contributed by atoms with Crippen LogP contribution >= 0.6 is 11.6 Å². The molecule has 1 heterocycles. The number of aromatic nitrogens is 3. The second kappa shape index (κ2) is 5.33. The molecular weight excluding hydrogens is 272 g/mol. The van der Waals surface area contributed by atoms with Gasteiger partial charge in [0.1, 0.15) is 5.69 Å². The second-order valence-electron chi connectivity index (χ2n) is 3.90. The molecule has 7 nitrogen and oxygen atoms in total. The highest BCUT2D eigenvalue weighted by Crippen LogP contribution is 2.25. The molecule has 0 aliphatic carbocycles. The second-order valence-corrected chi connectivity index (χ2v) is 4.31. The number of halogens is 1. The summed E-state index contributed by atoms with van der Waals surface area (Å²) >= 11 is 5.98. The molecule has 0 saturated heterocycles. The van der Waals surface area contributed by atoms with E-state index in [9.17, 15) is 15.2 Å². The predicted molar refractivity (Wildman–Crippen MR) is 68.3 cm³/mol. The Morgan fingerprint density at radius 2 is 2.32 bits per heavy atom. The van der Waals surface area contributed by atoms with Gasteiger partial charge in [-0.25, -0.2) is 4.68 Å². The largest absolute Gasteiger partial charge is 0.387 e. The molecule has 0 bridgehead atoms. The number of hydrogen-bond donors (Lipinski definition) is 1. The number of nitrogens with zero attached hydrogens (tertiary/aromatic N) is 4. The van der Waals surface area contributed by atoms with E-state index in [2.05, 4.69) is 10.3 Å². The summed E-state index contributed by atoms with van der Waals surface area (Å²) in [4.78, 5) is 10.2. The van der Waals surface area contributed by atoms with E-state index in [1.807, 2.05) is 6.92 Å². The first-order chi connectivity index (χ1) is 9.02. The molecule has 0 saturated carbocycles. The van der Waals surface area contributed by atoms with E-state index >= 15 is 0 Å². The average molecular weight is 283 g/mol. The molecule has 1 aromatic carbocycles. The molecule has 0 aliphatic rings. The van der Waals surface area contributed by atoms with Crippen LogP contribution in [0.15, 0.2) is 24.4 Å². The third-order valence-corrected chi connectivity index (χ3v) is 2.95. The van der Waals surface area contributed by atoms with Crippen molar-refractivity contribution in [3.63, 3.8) is 0 Å². The zero-order valence-electron chi connectivity index (χ0n) is 10.0. The van der Waals surface area contributed by atoms with Crippen molar-refractivity contribution in [2.45, 2.75) is 19.4 Å². The van der Waals surface area contributed by atoms with Crippen molar-refractivity contribution in [1.29, 1.82) is 0 Å². The maximum atomic E-state index is 10.7. The van der Waals surface area contributed by atoms with E-state index in [0.29, 0.717) is 22.8 Å². The van der Waals surface area contributed by atoms with Crippen molar-refractivity contribution in [1.82, 2.24) is 15.0 Å². The minimum Gasteiger partial charge on any atom is -0.387 e. The monoisotopic (exact) mass is 282 g/mol. The lowest BCUT2D eigenvalue weighted by Crippen LogP contribution is -1.98. The van der Waals surface area contributed by atoms with Gasteiger partial charge in [-0.2, -0.15) is 0 Å². The van der Waals surface area contributed by atoms with Gasteiger partial charge in [0, 0.05) is 12.1 Å². The third-order valence-electron chi connectivity index (χ3n) is 2.63. The SMILES string of the molecule is CCC(O)c1cn(-c2cc([N+](=O)[O-])ccc2Cl)nn1. The summed E-state index contributed by atoms with van der Waals surface area (Å²) in [5.74, 6) is 0. The number of hydrogen-bond acceptors (Lipinski definition) is 5. The number of nitro groups is 1. The lowest BCUT2D eigenvalue weighted by molar-refractivity contribution is -0.384. The van der Waals surface area contributed by atoms with Crippen LogP contribution in [0.1, 0.15) is 25.1 Å². The molecule has 0 radical (unpaired) electrons. The van der Waals surface area contributed by atoms with Gasteiger partial charge in [-0.05, 0) is 12.5 Å². The fourth-order valence-electron chi connectivity index (χ4n) is 1.55. The number of non-ortho nitro benzene ring substituents is 1. The maximum absolute atomic E-state index is 10.7. The minimum absolute atomic E-state index is 0.0903. The molecule has 2 rings (SSSR count). The Morgan fingerprint density at radius 3 is 2.95 bits per heavy atom. The van der Waals surface area contributed by atoms with Crippen LogP contribution in [0.5, 0.6) is 0 Å². The maximum Gasteiger partial charge on any atom is 0.271 e. The summed E-state index contributed by atoms with van der Waals surface area (Å²) < 4.78 is 1.31. The first kappa shape index (κ1) is 13.4. The van der Waals surface area contributed by atoms with E-state index in [1.165, 1.54) is 29.1 Å². The van der Waals surface area contributed by atoms with Gasteiger partial charge in [-0.1, -0.05) is 23.7 Å². The van der Waals surface area contributed by atoms with Crippen LogP contribution in [0.25, 0.3) is 5.69 Å². The third kappa shape index (κ3) is 2.72. The van der Waals surface area contributed by atoms with E-state index in [4.69, 9.17) is 11.6 Å². The highest BCUT2D eigenvalue weighted by atomic mass is 35.5. The standard InChI is InChI=1S/C11H11ClN4O3/c1-2-11(17)9-6-15(14-13-9)10-5-7(16(18)19)3-4-8(10)12/h3-6,11,17H,2H2,1H3. The van der Waals surface area contributed by atoms with E-state index in [-0.39, 0.29) is 5.69 Å². The Labute approximate surface area is 113 Å². The summed E-state index contributed by atoms with van der Waals surface area (Å²) in [6.07, 6.45) is 1.28. The van der Waals surface area contributed by atoms with Crippen molar-refractivity contribution < 1.29 is 10.0 Å². The average Bonchev–Trinajstić information content (AvgIpc) is 2.87. The van der Waals surface area contributed by atoms with Crippen molar-refractivity contribution in [2.75, 3.05) is 0 Å². The summed E-state index contributed by atoms with van der Waals surface area (Å²) in [6.45, 7) is 1.81. The van der Waals surface area contributed by atoms with Crippen LogP contribution in [-0.4, -0.2) is 25.0 Å². The highest BCUT2D eigenvalue weighted by molar-refractivity contribution is 6.32.